The van der Waals surface area contributed by atoms with Crippen molar-refractivity contribution in [3.05, 3.63) is 105 Å². The van der Waals surface area contributed by atoms with Gasteiger partial charge in [-0.05, 0) is 54.0 Å². The Bertz CT molecular complexity index is 1990. The molecule has 17 heteroatoms. The topological polar surface area (TPSA) is 160 Å². The predicted octanol–water partition coefficient (Wildman–Crippen LogP) is 3.95. The lowest BCUT2D eigenvalue weighted by atomic mass is 10.0. The number of hydrogen-bond donors (Lipinski definition) is 4. The van der Waals surface area contributed by atoms with Crippen LogP contribution in [0.1, 0.15) is 12.0 Å². The van der Waals surface area contributed by atoms with Crippen LogP contribution in [0.4, 0.5) is 10.1 Å². The first kappa shape index (κ1) is 36.2. The average Bonchev–Trinajstić information content (AvgIpc) is 3.42. The first-order valence-corrected chi connectivity index (χ1v) is 18.2. The minimum atomic E-state index is -1.30. The lowest BCUT2D eigenvalue weighted by Gasteiger charge is -2.49. The van der Waals surface area contributed by atoms with Crippen molar-refractivity contribution in [1.29, 1.82) is 0 Å². The van der Waals surface area contributed by atoms with Crippen molar-refractivity contribution in [3.8, 4) is 5.75 Å². The molecule has 2 atom stereocenters. The minimum absolute atomic E-state index is 0.000895. The molecule has 2 aromatic carbocycles. The summed E-state index contributed by atoms with van der Waals surface area (Å²) in [5.74, 6) is -4.04. The van der Waals surface area contributed by atoms with Crippen LogP contribution in [0.2, 0.25) is 10.0 Å². The summed E-state index contributed by atoms with van der Waals surface area (Å²) in [6.07, 6.45) is 5.29. The quantitative estimate of drug-likeness (QED) is 0.0745. The van der Waals surface area contributed by atoms with Gasteiger partial charge in [0.2, 0.25) is 18.4 Å². The summed E-state index contributed by atoms with van der Waals surface area (Å²) in [5.41, 5.74) is 1.57. The lowest BCUT2D eigenvalue weighted by molar-refractivity contribution is -0.684. The van der Waals surface area contributed by atoms with E-state index in [4.69, 9.17) is 23.2 Å². The molecule has 4 amide bonds. The van der Waals surface area contributed by atoms with Gasteiger partial charge in [-0.3, -0.25) is 24.1 Å². The van der Waals surface area contributed by atoms with E-state index in [2.05, 4.69) is 10.6 Å². The van der Waals surface area contributed by atoms with Crippen LogP contribution in [0.25, 0.3) is 0 Å². The van der Waals surface area contributed by atoms with E-state index in [1.54, 1.807) is 58.3 Å². The number of nitrogens with one attached hydrogen (secondary N) is 2. The molecule has 1 aromatic heterocycles. The first-order valence-electron chi connectivity index (χ1n) is 15.4. The molecule has 2 saturated heterocycles. The third-order valence-corrected chi connectivity index (χ3v) is 10.9. The fraction of sp³-hybridized carbons (Fsp3) is 0.235. The number of anilines is 1. The number of pyridine rings is 1. The number of nitrogens with zero attached hydrogens (tertiary/aromatic N) is 3. The molecule has 0 bridgehead atoms. The highest BCUT2D eigenvalue weighted by atomic mass is 35.5. The fourth-order valence-corrected chi connectivity index (χ4v) is 8.53. The Morgan fingerprint density at radius 2 is 1.78 bits per heavy atom. The van der Waals surface area contributed by atoms with Gasteiger partial charge in [-0.2, -0.15) is 4.57 Å². The number of phenolic OH excluding ortho intramolecular Hbond substituents is 1. The van der Waals surface area contributed by atoms with Gasteiger partial charge in [0.25, 0.3) is 11.8 Å². The molecular weight excluding hydrogens is 744 g/mol. The van der Waals surface area contributed by atoms with Gasteiger partial charge in [0.15, 0.2) is 24.0 Å². The summed E-state index contributed by atoms with van der Waals surface area (Å²) in [4.78, 5) is 67.3. The third kappa shape index (κ3) is 8.33. The smallest absolute Gasteiger partial charge is 0.352 e. The van der Waals surface area contributed by atoms with Gasteiger partial charge < -0.3 is 25.7 Å². The number of carboxylic acid groups (broad SMARTS) is 1. The highest BCUT2D eigenvalue weighted by Gasteiger charge is 2.54. The second kappa shape index (κ2) is 15.4. The van der Waals surface area contributed by atoms with Crippen molar-refractivity contribution in [2.75, 3.05) is 23.4 Å². The zero-order valence-corrected chi connectivity index (χ0v) is 29.6. The summed E-state index contributed by atoms with van der Waals surface area (Å²) in [6, 6.07) is 11.1. The number of aromatic nitrogens is 1. The molecule has 0 aliphatic carbocycles. The number of phenols is 1. The van der Waals surface area contributed by atoms with Crippen molar-refractivity contribution in [2.24, 2.45) is 0 Å². The van der Waals surface area contributed by atoms with Crippen molar-refractivity contribution in [2.45, 2.75) is 35.8 Å². The van der Waals surface area contributed by atoms with Crippen LogP contribution in [0, 0.1) is 5.82 Å². The van der Waals surface area contributed by atoms with E-state index in [0.717, 1.165) is 22.6 Å². The van der Waals surface area contributed by atoms with E-state index >= 15 is 0 Å². The Morgan fingerprint density at radius 3 is 2.47 bits per heavy atom. The SMILES string of the molecule is O=C(C[n+]1ccc(CN2CC/C(=C\C3=C(C(=O)O)N4C(=O)[C@@H](NC(=O)CSc5cc(Cl)cc(Cl)c5)[C@H]4SC3)C2=O)cc1)Nc1ccc(O)c(F)c1. The van der Waals surface area contributed by atoms with Crippen molar-refractivity contribution >= 4 is 82.0 Å². The van der Waals surface area contributed by atoms with Gasteiger partial charge in [0.1, 0.15) is 17.1 Å². The summed E-state index contributed by atoms with van der Waals surface area (Å²) < 4.78 is 15.2. The van der Waals surface area contributed by atoms with E-state index in [1.807, 2.05) is 0 Å². The lowest BCUT2D eigenvalue weighted by Crippen LogP contribution is -2.70. The number of carbonyl (C=O) groups excluding carboxylic acids is 4. The maximum Gasteiger partial charge on any atom is 0.352 e. The number of thioether (sulfide) groups is 2. The van der Waals surface area contributed by atoms with E-state index in [9.17, 15) is 38.6 Å². The maximum atomic E-state index is 13.6. The molecule has 51 heavy (non-hydrogen) atoms. The summed E-state index contributed by atoms with van der Waals surface area (Å²) in [5, 5.41) is 24.9. The number of allylic oxidation sites excluding steroid dienone is 1. The Labute approximate surface area is 309 Å². The number of likely N-dealkylation sites (tertiary alicyclic amines) is 1. The molecule has 0 radical (unpaired) electrons. The van der Waals surface area contributed by atoms with Crippen molar-refractivity contribution < 1.29 is 43.1 Å². The van der Waals surface area contributed by atoms with Gasteiger partial charge >= 0.3 is 5.97 Å². The van der Waals surface area contributed by atoms with Crippen LogP contribution in [-0.4, -0.2) is 79.1 Å². The fourth-order valence-electron chi connectivity index (χ4n) is 5.76. The molecule has 3 aliphatic rings. The molecule has 6 rings (SSSR count). The molecule has 2 fully saturated rings. The average molecular weight is 774 g/mol. The highest BCUT2D eigenvalue weighted by molar-refractivity contribution is 8.00. The molecule has 0 spiro atoms. The zero-order chi connectivity index (χ0) is 36.4. The molecular formula is C34H29Cl2FN5O7S2+. The van der Waals surface area contributed by atoms with E-state index < -0.39 is 46.7 Å². The van der Waals surface area contributed by atoms with Gasteiger partial charge in [0.05, 0.1) is 5.75 Å². The predicted molar refractivity (Wildman–Crippen MR) is 188 cm³/mol. The number of benzene rings is 2. The number of amides is 4. The highest BCUT2D eigenvalue weighted by Crippen LogP contribution is 2.41. The van der Waals surface area contributed by atoms with Crippen molar-refractivity contribution in [1.82, 2.24) is 15.1 Å². The number of rotatable bonds is 11. The van der Waals surface area contributed by atoms with Crippen LogP contribution in [0.15, 0.2) is 88.7 Å². The largest absolute Gasteiger partial charge is 0.505 e. The normalized spacial score (nSPS) is 19.2. The number of aromatic hydroxyl groups is 1. The molecule has 3 aromatic rings. The second-order valence-corrected chi connectivity index (χ2v) is 14.8. The standard InChI is InChI=1S/C34H28Cl2FN5O7S2/c35-21-10-22(36)12-24(11-21)50-17-28(45)39-29-32(47)42-30(34(48)49)20(16-51-33(29)42)9-19-5-8-41(31(19)46)14-18-3-6-40(7-4-18)15-27(44)38-23-1-2-26(43)25(37)13-23/h1-4,6-7,9-13,29,33H,5,8,14-17H2,(H3-,38,39,43,44,45,48,49)/p+1/b19-9+/t29-,33-/m1/s1. The molecule has 4 N–H and O–H groups in total. The van der Waals surface area contributed by atoms with Crippen molar-refractivity contribution in [3.63, 3.8) is 0 Å². The van der Waals surface area contributed by atoms with E-state index in [-0.39, 0.29) is 41.9 Å². The van der Waals surface area contributed by atoms with Crippen LogP contribution in [0.3, 0.4) is 0 Å². The number of fused-ring (bicyclic) bond motifs is 1. The summed E-state index contributed by atoms with van der Waals surface area (Å²) >= 11 is 14.5. The number of β-lactam (4-membered cyclic amide) rings is 1. The van der Waals surface area contributed by atoms with Crippen LogP contribution in [-0.2, 0) is 37.1 Å². The Morgan fingerprint density at radius 1 is 1.06 bits per heavy atom. The number of aliphatic carboxylic acids is 1. The number of carbonyl (C=O) groups is 5. The molecule has 0 saturated carbocycles. The minimum Gasteiger partial charge on any atom is -0.505 e. The Kier molecular flexibility index (Phi) is 10.9. The van der Waals surface area contributed by atoms with Crippen LogP contribution in [0.5, 0.6) is 5.75 Å². The second-order valence-electron chi connectivity index (χ2n) is 11.8. The molecule has 3 aliphatic heterocycles. The number of hydrogen-bond acceptors (Lipinski definition) is 8. The van der Waals surface area contributed by atoms with E-state index in [0.29, 0.717) is 39.1 Å². The number of halogens is 3. The van der Waals surface area contributed by atoms with Crippen LogP contribution >= 0.6 is 46.7 Å². The van der Waals surface area contributed by atoms with Gasteiger partial charge in [-0.25, -0.2) is 9.18 Å². The molecule has 12 nitrogen and oxygen atoms in total. The van der Waals surface area contributed by atoms with Gasteiger partial charge in [-0.15, -0.1) is 23.5 Å². The summed E-state index contributed by atoms with van der Waals surface area (Å²) in [7, 11) is 0. The van der Waals surface area contributed by atoms with Crippen LogP contribution < -0.4 is 15.2 Å². The maximum absolute atomic E-state index is 13.6. The number of carboxylic acids is 1. The Balaban J connectivity index is 1.04. The van der Waals surface area contributed by atoms with Gasteiger partial charge in [-0.1, -0.05) is 23.2 Å². The van der Waals surface area contributed by atoms with Gasteiger partial charge in [0, 0.05) is 63.2 Å². The first-order chi connectivity index (χ1) is 24.4. The Hall–Kier alpha value is -4.57. The molecule has 264 valence electrons. The summed E-state index contributed by atoms with van der Waals surface area (Å²) in [6.45, 7) is 0.642. The third-order valence-electron chi connectivity index (χ3n) is 8.18. The van der Waals surface area contributed by atoms with E-state index in [1.165, 1.54) is 29.6 Å². The monoisotopic (exact) mass is 772 g/mol. The molecule has 4 heterocycles. The molecule has 0 unspecified atom stereocenters. The zero-order valence-electron chi connectivity index (χ0n) is 26.5.